The number of carboxylic acid groups (broad SMARTS) is 1. The van der Waals surface area contributed by atoms with Crippen molar-refractivity contribution in [2.75, 3.05) is 7.11 Å². The topological polar surface area (TPSA) is 85.6 Å². The lowest BCUT2D eigenvalue weighted by Gasteiger charge is -2.06. The van der Waals surface area contributed by atoms with E-state index in [-0.39, 0.29) is 18.5 Å². The van der Waals surface area contributed by atoms with Crippen molar-refractivity contribution >= 4 is 11.9 Å². The normalized spacial score (nSPS) is 11.2. The molecule has 0 amide bonds. The van der Waals surface area contributed by atoms with E-state index < -0.39 is 11.9 Å². The number of pyridine rings is 1. The third-order valence-electron chi connectivity index (χ3n) is 2.77. The van der Waals surface area contributed by atoms with Crippen molar-refractivity contribution < 1.29 is 19.4 Å². The molecule has 0 atom stereocenters. The number of hydrogen-bond acceptors (Lipinski definition) is 4. The van der Waals surface area contributed by atoms with Gasteiger partial charge in [0.05, 0.1) is 12.7 Å². The largest absolute Gasteiger partial charge is 0.481 e. The van der Waals surface area contributed by atoms with Gasteiger partial charge >= 0.3 is 11.9 Å². The van der Waals surface area contributed by atoms with E-state index >= 15 is 0 Å². The van der Waals surface area contributed by atoms with Gasteiger partial charge in [-0.25, -0.2) is 4.79 Å². The number of carbonyl (C=O) groups excluding carboxylic acids is 1. The molecule has 0 aliphatic heterocycles. The Kier molecular flexibility index (Phi) is 5.71. The molecule has 0 aliphatic carbocycles. The fourth-order valence-corrected chi connectivity index (χ4v) is 1.57. The standard InChI is InChI=1S/C14H17NO5/c1-10(3-6-13(17)18)7-8-15-9-11(14(19)20-2)4-5-12(15)16/h4-5,7,9H,3,6,8H2,1-2H3,(H,17,18)/b10-7+. The summed E-state index contributed by atoms with van der Waals surface area (Å²) in [6, 6.07) is 2.71. The van der Waals surface area contributed by atoms with Crippen LogP contribution < -0.4 is 5.56 Å². The Morgan fingerprint density at radius 1 is 1.35 bits per heavy atom. The zero-order valence-electron chi connectivity index (χ0n) is 11.5. The number of aromatic nitrogens is 1. The highest BCUT2D eigenvalue weighted by atomic mass is 16.5. The number of allylic oxidation sites excluding steroid dienone is 2. The molecule has 0 saturated heterocycles. The van der Waals surface area contributed by atoms with Gasteiger partial charge in [-0.3, -0.25) is 9.59 Å². The fourth-order valence-electron chi connectivity index (χ4n) is 1.57. The summed E-state index contributed by atoms with van der Waals surface area (Å²) >= 11 is 0. The van der Waals surface area contributed by atoms with Gasteiger partial charge in [0.1, 0.15) is 0 Å². The summed E-state index contributed by atoms with van der Waals surface area (Å²) < 4.78 is 5.96. The van der Waals surface area contributed by atoms with Crippen molar-refractivity contribution in [1.82, 2.24) is 4.57 Å². The predicted molar refractivity (Wildman–Crippen MR) is 72.7 cm³/mol. The van der Waals surface area contributed by atoms with Crippen LogP contribution in [0.2, 0.25) is 0 Å². The third kappa shape index (κ3) is 4.72. The number of esters is 1. The third-order valence-corrected chi connectivity index (χ3v) is 2.77. The molecule has 0 unspecified atom stereocenters. The molecule has 0 radical (unpaired) electrons. The van der Waals surface area contributed by atoms with E-state index in [9.17, 15) is 14.4 Å². The highest BCUT2D eigenvalue weighted by Gasteiger charge is 2.06. The van der Waals surface area contributed by atoms with Crippen LogP contribution in [0, 0.1) is 0 Å². The molecule has 6 heteroatoms. The number of ether oxygens (including phenoxy) is 1. The van der Waals surface area contributed by atoms with Crippen LogP contribution in [0.25, 0.3) is 0 Å². The lowest BCUT2D eigenvalue weighted by Crippen LogP contribution is -2.20. The molecule has 1 N–H and O–H groups in total. The molecule has 108 valence electrons. The lowest BCUT2D eigenvalue weighted by molar-refractivity contribution is -0.136. The summed E-state index contributed by atoms with van der Waals surface area (Å²) in [5, 5.41) is 8.58. The Hall–Kier alpha value is -2.37. The molecular weight excluding hydrogens is 262 g/mol. The van der Waals surface area contributed by atoms with Gasteiger partial charge < -0.3 is 14.4 Å². The van der Waals surface area contributed by atoms with E-state index in [0.717, 1.165) is 5.57 Å². The summed E-state index contributed by atoms with van der Waals surface area (Å²) in [5.74, 6) is -1.37. The van der Waals surface area contributed by atoms with Gasteiger partial charge in [0.25, 0.3) is 5.56 Å². The van der Waals surface area contributed by atoms with E-state index in [1.807, 2.05) is 0 Å². The van der Waals surface area contributed by atoms with Crippen LogP contribution in [0.1, 0.15) is 30.1 Å². The highest BCUT2D eigenvalue weighted by molar-refractivity contribution is 5.88. The summed E-state index contributed by atoms with van der Waals surface area (Å²) in [6.45, 7) is 2.09. The van der Waals surface area contributed by atoms with Crippen LogP contribution in [-0.4, -0.2) is 28.7 Å². The maximum atomic E-state index is 11.6. The van der Waals surface area contributed by atoms with Crippen LogP contribution in [0.3, 0.4) is 0 Å². The van der Waals surface area contributed by atoms with Gasteiger partial charge in [0.15, 0.2) is 0 Å². The Bertz CT molecular complexity index is 585. The Labute approximate surface area is 116 Å². The Balaban J connectivity index is 2.81. The molecule has 0 spiro atoms. The minimum Gasteiger partial charge on any atom is -0.481 e. The minimum atomic E-state index is -0.859. The molecule has 20 heavy (non-hydrogen) atoms. The van der Waals surface area contributed by atoms with Crippen molar-refractivity contribution in [3.05, 3.63) is 45.9 Å². The fraction of sp³-hybridized carbons (Fsp3) is 0.357. The summed E-state index contributed by atoms with van der Waals surface area (Å²) in [4.78, 5) is 33.5. The zero-order valence-corrected chi connectivity index (χ0v) is 11.5. The maximum absolute atomic E-state index is 11.6. The lowest BCUT2D eigenvalue weighted by atomic mass is 10.1. The average molecular weight is 279 g/mol. The first kappa shape index (κ1) is 15.7. The molecule has 6 nitrogen and oxygen atoms in total. The van der Waals surface area contributed by atoms with Crippen molar-refractivity contribution in [2.45, 2.75) is 26.3 Å². The number of carboxylic acids is 1. The molecule has 1 aromatic rings. The van der Waals surface area contributed by atoms with Crippen molar-refractivity contribution in [2.24, 2.45) is 0 Å². The summed E-state index contributed by atoms with van der Waals surface area (Å²) in [7, 11) is 1.27. The smallest absolute Gasteiger partial charge is 0.339 e. The number of carbonyl (C=O) groups is 2. The summed E-state index contributed by atoms with van der Waals surface area (Å²) in [5.41, 5.74) is 0.936. The first-order valence-corrected chi connectivity index (χ1v) is 6.10. The molecule has 0 aliphatic rings. The summed E-state index contributed by atoms with van der Waals surface area (Å²) in [6.07, 6.45) is 3.68. The van der Waals surface area contributed by atoms with Crippen molar-refractivity contribution in [3.63, 3.8) is 0 Å². The van der Waals surface area contributed by atoms with Crippen LogP contribution >= 0.6 is 0 Å². The molecule has 0 bridgehead atoms. The van der Waals surface area contributed by atoms with E-state index in [0.29, 0.717) is 12.0 Å². The highest BCUT2D eigenvalue weighted by Crippen LogP contribution is 2.05. The second kappa shape index (κ2) is 7.28. The van der Waals surface area contributed by atoms with Gasteiger partial charge in [0, 0.05) is 25.2 Å². The number of rotatable bonds is 6. The molecule has 0 aromatic carbocycles. The first-order valence-electron chi connectivity index (χ1n) is 6.10. The van der Waals surface area contributed by atoms with Gasteiger partial charge in [0.2, 0.25) is 0 Å². The van der Waals surface area contributed by atoms with E-state index in [2.05, 4.69) is 4.74 Å². The average Bonchev–Trinajstić information content (AvgIpc) is 2.43. The SMILES string of the molecule is COC(=O)c1ccc(=O)n(C/C=C(\C)CCC(=O)O)c1. The number of aliphatic carboxylic acids is 1. The Morgan fingerprint density at radius 3 is 2.65 bits per heavy atom. The van der Waals surface area contributed by atoms with E-state index in [1.54, 1.807) is 13.0 Å². The van der Waals surface area contributed by atoms with Gasteiger partial charge in [-0.1, -0.05) is 11.6 Å². The quantitative estimate of drug-likeness (QED) is 0.629. The van der Waals surface area contributed by atoms with Crippen molar-refractivity contribution in [1.29, 1.82) is 0 Å². The molecule has 0 saturated carbocycles. The Morgan fingerprint density at radius 2 is 2.05 bits per heavy atom. The van der Waals surface area contributed by atoms with Gasteiger partial charge in [-0.15, -0.1) is 0 Å². The van der Waals surface area contributed by atoms with E-state index in [1.165, 1.54) is 30.0 Å². The molecule has 1 heterocycles. The molecule has 0 fully saturated rings. The van der Waals surface area contributed by atoms with Crippen LogP contribution in [0.15, 0.2) is 34.8 Å². The van der Waals surface area contributed by atoms with Gasteiger partial charge in [-0.2, -0.15) is 0 Å². The van der Waals surface area contributed by atoms with Crippen molar-refractivity contribution in [3.8, 4) is 0 Å². The molecular formula is C14H17NO5. The van der Waals surface area contributed by atoms with Crippen LogP contribution in [-0.2, 0) is 16.1 Å². The molecule has 1 rings (SSSR count). The number of methoxy groups -OCH3 is 1. The second-order valence-corrected chi connectivity index (χ2v) is 4.34. The zero-order chi connectivity index (χ0) is 15.1. The van der Waals surface area contributed by atoms with Crippen LogP contribution in [0.5, 0.6) is 0 Å². The maximum Gasteiger partial charge on any atom is 0.339 e. The molecule has 1 aromatic heterocycles. The first-order chi connectivity index (χ1) is 9.43. The monoisotopic (exact) mass is 279 g/mol. The van der Waals surface area contributed by atoms with Gasteiger partial charge in [-0.05, 0) is 19.4 Å². The predicted octanol–water partition coefficient (Wildman–Crippen LogP) is 1.45. The number of nitrogens with zero attached hydrogens (tertiary/aromatic N) is 1. The second-order valence-electron chi connectivity index (χ2n) is 4.34. The minimum absolute atomic E-state index is 0.0550. The van der Waals surface area contributed by atoms with E-state index in [4.69, 9.17) is 5.11 Å². The van der Waals surface area contributed by atoms with Crippen LogP contribution in [0.4, 0.5) is 0 Å². The number of hydrogen-bond donors (Lipinski definition) is 1.